The number of benzene rings is 1. The third-order valence-corrected chi connectivity index (χ3v) is 3.31. The first kappa shape index (κ1) is 13.7. The summed E-state index contributed by atoms with van der Waals surface area (Å²) in [4.78, 5) is 15.7. The number of nitrogens with two attached hydrogens (primary N) is 1. The molecule has 0 saturated heterocycles. The molecule has 22 heavy (non-hydrogen) atoms. The molecule has 2 N–H and O–H groups in total. The fourth-order valence-corrected chi connectivity index (χ4v) is 2.29. The summed E-state index contributed by atoms with van der Waals surface area (Å²) in [6, 6.07) is 7.75. The lowest BCUT2D eigenvalue weighted by molar-refractivity contribution is 0.100. The Hall–Kier alpha value is -3.27. The summed E-state index contributed by atoms with van der Waals surface area (Å²) in [5.74, 6) is -1.23. The number of aromatic nitrogens is 3. The number of rotatable bonds is 2. The molecule has 3 rings (SSSR count). The van der Waals surface area contributed by atoms with Crippen LogP contribution in [0.15, 0.2) is 30.5 Å². The molecule has 1 aromatic carbocycles. The maximum Gasteiger partial charge on any atom is 0.254 e. The molecule has 6 nitrogen and oxygen atoms in total. The van der Waals surface area contributed by atoms with Crippen LogP contribution < -0.4 is 5.73 Å². The summed E-state index contributed by atoms with van der Waals surface area (Å²) in [6.07, 6.45) is 1.31. The molecular formula is C15H10FN5O. The Bertz CT molecular complexity index is 954. The van der Waals surface area contributed by atoms with Gasteiger partial charge in [0.1, 0.15) is 11.4 Å². The van der Waals surface area contributed by atoms with E-state index in [1.807, 2.05) is 6.07 Å². The van der Waals surface area contributed by atoms with Crippen molar-refractivity contribution in [1.29, 1.82) is 5.26 Å². The first-order valence-electron chi connectivity index (χ1n) is 6.37. The average molecular weight is 295 g/mol. The van der Waals surface area contributed by atoms with Gasteiger partial charge in [-0.15, -0.1) is 0 Å². The lowest BCUT2D eigenvalue weighted by Crippen LogP contribution is -2.11. The van der Waals surface area contributed by atoms with E-state index in [1.54, 1.807) is 13.0 Å². The van der Waals surface area contributed by atoms with Crippen LogP contribution >= 0.6 is 0 Å². The lowest BCUT2D eigenvalue weighted by atomic mass is 10.0. The molecule has 0 fully saturated rings. The Morgan fingerprint density at radius 3 is 2.91 bits per heavy atom. The van der Waals surface area contributed by atoms with E-state index in [0.717, 1.165) is 0 Å². The molecule has 0 bridgehead atoms. The van der Waals surface area contributed by atoms with Gasteiger partial charge in [0.25, 0.3) is 5.91 Å². The van der Waals surface area contributed by atoms with E-state index in [1.165, 1.54) is 28.9 Å². The van der Waals surface area contributed by atoms with Crippen LogP contribution in [0, 0.1) is 24.1 Å². The van der Waals surface area contributed by atoms with Gasteiger partial charge in [-0.2, -0.15) is 10.4 Å². The summed E-state index contributed by atoms with van der Waals surface area (Å²) in [5.41, 5.74) is 6.80. The van der Waals surface area contributed by atoms with E-state index in [4.69, 9.17) is 11.0 Å². The summed E-state index contributed by atoms with van der Waals surface area (Å²) in [7, 11) is 0. The lowest BCUT2D eigenvalue weighted by Gasteiger charge is -2.08. The number of hydrogen-bond donors (Lipinski definition) is 1. The highest BCUT2D eigenvalue weighted by atomic mass is 19.1. The molecule has 2 aromatic heterocycles. The topological polar surface area (TPSA) is 97.1 Å². The number of fused-ring (bicyclic) bond motifs is 1. The number of halogens is 1. The molecule has 0 atom stereocenters. The Morgan fingerprint density at radius 2 is 2.23 bits per heavy atom. The highest BCUT2D eigenvalue weighted by Gasteiger charge is 2.17. The van der Waals surface area contributed by atoms with Crippen LogP contribution in [0.2, 0.25) is 0 Å². The Labute approximate surface area is 124 Å². The van der Waals surface area contributed by atoms with Gasteiger partial charge in [0.05, 0.1) is 29.1 Å². The van der Waals surface area contributed by atoms with Crippen LogP contribution in [0.25, 0.3) is 16.9 Å². The van der Waals surface area contributed by atoms with Gasteiger partial charge in [-0.1, -0.05) is 6.07 Å². The van der Waals surface area contributed by atoms with Crippen LogP contribution in [0.4, 0.5) is 4.39 Å². The molecule has 0 spiro atoms. The quantitative estimate of drug-likeness (QED) is 0.779. The number of carbonyl (C=O) groups is 1. The zero-order chi connectivity index (χ0) is 15.9. The van der Waals surface area contributed by atoms with Crippen molar-refractivity contribution in [2.45, 2.75) is 6.92 Å². The van der Waals surface area contributed by atoms with Crippen LogP contribution in [0.1, 0.15) is 21.6 Å². The SMILES string of the molecule is Cc1cc(-c2c(F)cccc2C#N)nc2c(C(N)=O)cnn12. The number of hydrogen-bond acceptors (Lipinski definition) is 4. The Balaban J connectivity index is 2.36. The number of aryl methyl sites for hydroxylation is 1. The molecule has 0 saturated carbocycles. The predicted molar refractivity (Wildman–Crippen MR) is 76.4 cm³/mol. The van der Waals surface area contributed by atoms with Crippen molar-refractivity contribution >= 4 is 11.6 Å². The normalized spacial score (nSPS) is 10.6. The number of primary amides is 1. The zero-order valence-electron chi connectivity index (χ0n) is 11.5. The largest absolute Gasteiger partial charge is 0.365 e. The Kier molecular flexibility index (Phi) is 3.07. The number of nitriles is 1. The van der Waals surface area contributed by atoms with Gasteiger partial charge in [-0.3, -0.25) is 4.79 Å². The first-order chi connectivity index (χ1) is 10.5. The summed E-state index contributed by atoms with van der Waals surface area (Å²) >= 11 is 0. The van der Waals surface area contributed by atoms with Crippen LogP contribution in [0.3, 0.4) is 0 Å². The van der Waals surface area contributed by atoms with E-state index < -0.39 is 11.7 Å². The van der Waals surface area contributed by atoms with Crippen molar-refractivity contribution in [3.05, 3.63) is 53.1 Å². The van der Waals surface area contributed by atoms with Crippen molar-refractivity contribution in [3.63, 3.8) is 0 Å². The Morgan fingerprint density at radius 1 is 1.45 bits per heavy atom. The highest BCUT2D eigenvalue weighted by Crippen LogP contribution is 2.26. The van der Waals surface area contributed by atoms with Crippen molar-refractivity contribution in [2.75, 3.05) is 0 Å². The summed E-state index contributed by atoms with van der Waals surface area (Å²) < 4.78 is 15.6. The van der Waals surface area contributed by atoms with Gasteiger partial charge in [-0.05, 0) is 25.1 Å². The van der Waals surface area contributed by atoms with Gasteiger partial charge in [0.15, 0.2) is 5.65 Å². The number of amides is 1. The molecule has 0 radical (unpaired) electrons. The number of nitrogens with zero attached hydrogens (tertiary/aromatic N) is 4. The van der Waals surface area contributed by atoms with Gasteiger partial charge >= 0.3 is 0 Å². The van der Waals surface area contributed by atoms with E-state index in [0.29, 0.717) is 5.69 Å². The summed E-state index contributed by atoms with van der Waals surface area (Å²) in [5, 5.41) is 13.2. The molecule has 0 aliphatic heterocycles. The van der Waals surface area contributed by atoms with Gasteiger partial charge in [-0.25, -0.2) is 13.9 Å². The number of carbonyl (C=O) groups excluding carboxylic acids is 1. The molecule has 0 aliphatic rings. The minimum Gasteiger partial charge on any atom is -0.365 e. The van der Waals surface area contributed by atoms with Crippen LogP contribution in [-0.2, 0) is 0 Å². The average Bonchev–Trinajstić information content (AvgIpc) is 2.91. The van der Waals surface area contributed by atoms with Crippen LogP contribution in [0.5, 0.6) is 0 Å². The molecule has 2 heterocycles. The van der Waals surface area contributed by atoms with Gasteiger partial charge in [0.2, 0.25) is 0 Å². The minimum atomic E-state index is -0.673. The standard InChI is InChI=1S/C15H10FN5O/c1-8-5-12(13-9(6-17)3-2-4-11(13)16)20-15-10(14(18)22)7-19-21(8)15/h2-5,7H,1H3,(H2,18,22). The molecule has 0 aliphatic carbocycles. The predicted octanol–water partition coefficient (Wildman–Crippen LogP) is 1.81. The first-order valence-corrected chi connectivity index (χ1v) is 6.37. The maximum absolute atomic E-state index is 14.1. The van der Waals surface area contributed by atoms with Crippen molar-refractivity contribution in [1.82, 2.24) is 14.6 Å². The maximum atomic E-state index is 14.1. The molecule has 108 valence electrons. The smallest absolute Gasteiger partial charge is 0.254 e. The second kappa shape index (κ2) is 4.93. The van der Waals surface area contributed by atoms with Gasteiger partial charge < -0.3 is 5.73 Å². The summed E-state index contributed by atoms with van der Waals surface area (Å²) in [6.45, 7) is 1.74. The van der Waals surface area contributed by atoms with Crippen molar-refractivity contribution in [2.24, 2.45) is 5.73 Å². The third kappa shape index (κ3) is 1.98. The second-order valence-electron chi connectivity index (χ2n) is 4.71. The van der Waals surface area contributed by atoms with E-state index in [9.17, 15) is 9.18 Å². The fraction of sp³-hybridized carbons (Fsp3) is 0.0667. The van der Waals surface area contributed by atoms with E-state index >= 15 is 0 Å². The third-order valence-electron chi connectivity index (χ3n) is 3.31. The van der Waals surface area contributed by atoms with E-state index in [-0.39, 0.29) is 28.0 Å². The molecule has 3 aromatic rings. The second-order valence-corrected chi connectivity index (χ2v) is 4.71. The molecule has 1 amide bonds. The highest BCUT2D eigenvalue weighted by molar-refractivity contribution is 5.98. The fourth-order valence-electron chi connectivity index (χ4n) is 2.29. The molecular weight excluding hydrogens is 285 g/mol. The minimum absolute atomic E-state index is 0.0900. The van der Waals surface area contributed by atoms with E-state index in [2.05, 4.69) is 10.1 Å². The molecule has 0 unspecified atom stereocenters. The van der Waals surface area contributed by atoms with Crippen LogP contribution in [-0.4, -0.2) is 20.5 Å². The van der Waals surface area contributed by atoms with Crippen molar-refractivity contribution < 1.29 is 9.18 Å². The monoisotopic (exact) mass is 295 g/mol. The zero-order valence-corrected chi connectivity index (χ0v) is 11.5. The van der Waals surface area contributed by atoms with Crippen molar-refractivity contribution in [3.8, 4) is 17.3 Å². The van der Waals surface area contributed by atoms with Gasteiger partial charge in [0, 0.05) is 5.69 Å². The molecule has 7 heteroatoms.